The minimum atomic E-state index is -0.514. The first-order chi connectivity index (χ1) is 7.59. The van der Waals surface area contributed by atoms with Crippen LogP contribution in [0.25, 0.3) is 5.69 Å². The standard InChI is InChI=1S/C12H15N3O/c1-8(16)11-6-4-5-7-12(11)15-10(3)13-9(2)14-15/h4-8,16H,1-3H3/t8-/m1/s1. The Morgan fingerprint density at radius 1 is 1.25 bits per heavy atom. The van der Waals surface area contributed by atoms with E-state index in [1.54, 1.807) is 11.6 Å². The summed E-state index contributed by atoms with van der Waals surface area (Å²) in [6.45, 7) is 5.51. The molecule has 4 heteroatoms. The molecule has 0 aliphatic carbocycles. The van der Waals surface area contributed by atoms with E-state index in [1.165, 1.54) is 0 Å². The van der Waals surface area contributed by atoms with Gasteiger partial charge in [0.1, 0.15) is 11.6 Å². The summed E-state index contributed by atoms with van der Waals surface area (Å²) in [5, 5.41) is 14.0. The summed E-state index contributed by atoms with van der Waals surface area (Å²) in [5.41, 5.74) is 1.74. The zero-order valence-corrected chi connectivity index (χ0v) is 9.68. The van der Waals surface area contributed by atoms with Crippen LogP contribution in [0.2, 0.25) is 0 Å². The van der Waals surface area contributed by atoms with Gasteiger partial charge in [0, 0.05) is 5.56 Å². The zero-order chi connectivity index (χ0) is 11.7. The maximum atomic E-state index is 9.70. The van der Waals surface area contributed by atoms with Crippen LogP contribution in [0.15, 0.2) is 24.3 Å². The summed E-state index contributed by atoms with van der Waals surface area (Å²) >= 11 is 0. The third-order valence-corrected chi connectivity index (χ3v) is 2.49. The van der Waals surface area contributed by atoms with Crippen LogP contribution in [-0.4, -0.2) is 19.9 Å². The second-order valence-electron chi connectivity index (χ2n) is 3.85. The largest absolute Gasteiger partial charge is 0.389 e. The highest BCUT2D eigenvalue weighted by Gasteiger charge is 2.12. The van der Waals surface area contributed by atoms with Crippen molar-refractivity contribution in [1.29, 1.82) is 0 Å². The first-order valence-corrected chi connectivity index (χ1v) is 5.27. The van der Waals surface area contributed by atoms with E-state index < -0.39 is 6.10 Å². The molecule has 1 heterocycles. The average Bonchev–Trinajstić information content (AvgIpc) is 2.57. The molecule has 0 bridgehead atoms. The molecule has 84 valence electrons. The molecule has 0 unspecified atom stereocenters. The predicted molar refractivity (Wildman–Crippen MR) is 61.5 cm³/mol. The number of nitrogens with zero attached hydrogens (tertiary/aromatic N) is 3. The number of aliphatic hydroxyl groups excluding tert-OH is 1. The Morgan fingerprint density at radius 2 is 1.94 bits per heavy atom. The Kier molecular flexibility index (Phi) is 2.75. The first-order valence-electron chi connectivity index (χ1n) is 5.27. The van der Waals surface area contributed by atoms with Crippen LogP contribution >= 0.6 is 0 Å². The molecule has 0 spiro atoms. The number of aromatic nitrogens is 3. The van der Waals surface area contributed by atoms with Crippen molar-refractivity contribution in [1.82, 2.24) is 14.8 Å². The van der Waals surface area contributed by atoms with Gasteiger partial charge in [0.05, 0.1) is 11.8 Å². The van der Waals surface area contributed by atoms with Gasteiger partial charge in [-0.05, 0) is 26.8 Å². The third-order valence-electron chi connectivity index (χ3n) is 2.49. The molecule has 0 amide bonds. The maximum absolute atomic E-state index is 9.70. The van der Waals surface area contributed by atoms with Crippen molar-refractivity contribution in [3.63, 3.8) is 0 Å². The fourth-order valence-corrected chi connectivity index (χ4v) is 1.78. The highest BCUT2D eigenvalue weighted by Crippen LogP contribution is 2.21. The Bertz CT molecular complexity index is 503. The Labute approximate surface area is 94.6 Å². The third kappa shape index (κ3) is 1.84. The second-order valence-corrected chi connectivity index (χ2v) is 3.85. The van der Waals surface area contributed by atoms with E-state index in [0.717, 1.165) is 22.9 Å². The van der Waals surface area contributed by atoms with Gasteiger partial charge in [0.2, 0.25) is 0 Å². The summed E-state index contributed by atoms with van der Waals surface area (Å²) in [6.07, 6.45) is -0.514. The number of benzene rings is 1. The van der Waals surface area contributed by atoms with E-state index in [2.05, 4.69) is 10.1 Å². The number of hydrogen-bond acceptors (Lipinski definition) is 3. The molecule has 0 radical (unpaired) electrons. The van der Waals surface area contributed by atoms with Crippen LogP contribution in [0, 0.1) is 13.8 Å². The summed E-state index contributed by atoms with van der Waals surface area (Å²) in [6, 6.07) is 7.67. The lowest BCUT2D eigenvalue weighted by molar-refractivity contribution is 0.199. The molecule has 1 aromatic heterocycles. The lowest BCUT2D eigenvalue weighted by Gasteiger charge is -2.12. The molecule has 1 aromatic carbocycles. The molecule has 0 saturated heterocycles. The number of para-hydroxylation sites is 1. The molecule has 1 N–H and O–H groups in total. The Morgan fingerprint density at radius 3 is 2.50 bits per heavy atom. The molecular formula is C12H15N3O. The van der Waals surface area contributed by atoms with Gasteiger partial charge in [-0.2, -0.15) is 5.10 Å². The van der Waals surface area contributed by atoms with Crippen LogP contribution in [-0.2, 0) is 0 Å². The smallest absolute Gasteiger partial charge is 0.148 e. The van der Waals surface area contributed by atoms with Gasteiger partial charge in [-0.15, -0.1) is 0 Å². The van der Waals surface area contributed by atoms with E-state index in [1.807, 2.05) is 38.1 Å². The minimum Gasteiger partial charge on any atom is -0.389 e. The van der Waals surface area contributed by atoms with Crippen molar-refractivity contribution < 1.29 is 5.11 Å². The van der Waals surface area contributed by atoms with Crippen molar-refractivity contribution in [3.8, 4) is 5.69 Å². The topological polar surface area (TPSA) is 50.9 Å². The molecular weight excluding hydrogens is 202 g/mol. The lowest BCUT2D eigenvalue weighted by Crippen LogP contribution is -2.05. The fraction of sp³-hybridized carbons (Fsp3) is 0.333. The summed E-state index contributed by atoms with van der Waals surface area (Å²) in [4.78, 5) is 4.26. The van der Waals surface area contributed by atoms with Gasteiger partial charge in [-0.1, -0.05) is 18.2 Å². The van der Waals surface area contributed by atoms with Crippen molar-refractivity contribution in [3.05, 3.63) is 41.5 Å². The maximum Gasteiger partial charge on any atom is 0.148 e. The molecule has 0 aliphatic rings. The van der Waals surface area contributed by atoms with E-state index in [9.17, 15) is 5.11 Å². The van der Waals surface area contributed by atoms with Crippen molar-refractivity contribution in [2.24, 2.45) is 0 Å². The summed E-state index contributed by atoms with van der Waals surface area (Å²) in [5.74, 6) is 1.56. The molecule has 16 heavy (non-hydrogen) atoms. The van der Waals surface area contributed by atoms with Gasteiger partial charge in [-0.25, -0.2) is 9.67 Å². The Hall–Kier alpha value is -1.68. The van der Waals surface area contributed by atoms with Gasteiger partial charge in [-0.3, -0.25) is 0 Å². The highest BCUT2D eigenvalue weighted by molar-refractivity contribution is 5.42. The first kappa shape index (κ1) is 10.8. The van der Waals surface area contributed by atoms with Gasteiger partial charge in [0.25, 0.3) is 0 Å². The van der Waals surface area contributed by atoms with Crippen LogP contribution in [0.1, 0.15) is 30.2 Å². The normalized spacial score (nSPS) is 12.8. The molecule has 2 rings (SSSR count). The monoisotopic (exact) mass is 217 g/mol. The van der Waals surface area contributed by atoms with Crippen LogP contribution < -0.4 is 0 Å². The quantitative estimate of drug-likeness (QED) is 0.836. The van der Waals surface area contributed by atoms with E-state index in [0.29, 0.717) is 0 Å². The molecule has 1 atom stereocenters. The number of aryl methyl sites for hydroxylation is 2. The van der Waals surface area contributed by atoms with Crippen molar-refractivity contribution >= 4 is 0 Å². The average molecular weight is 217 g/mol. The van der Waals surface area contributed by atoms with Crippen LogP contribution in [0.4, 0.5) is 0 Å². The predicted octanol–water partition coefficient (Wildman–Crippen LogP) is 1.94. The van der Waals surface area contributed by atoms with E-state index >= 15 is 0 Å². The fourth-order valence-electron chi connectivity index (χ4n) is 1.78. The molecule has 0 fully saturated rings. The SMILES string of the molecule is Cc1nc(C)n(-c2ccccc2[C@@H](C)O)n1. The van der Waals surface area contributed by atoms with E-state index in [4.69, 9.17) is 0 Å². The molecule has 0 aliphatic heterocycles. The Balaban J connectivity index is 2.59. The second kappa shape index (κ2) is 4.06. The lowest BCUT2D eigenvalue weighted by atomic mass is 10.1. The number of aliphatic hydroxyl groups is 1. The van der Waals surface area contributed by atoms with Crippen molar-refractivity contribution in [2.75, 3.05) is 0 Å². The van der Waals surface area contributed by atoms with E-state index in [-0.39, 0.29) is 0 Å². The molecule has 2 aromatic rings. The number of rotatable bonds is 2. The highest BCUT2D eigenvalue weighted by atomic mass is 16.3. The number of hydrogen-bond donors (Lipinski definition) is 1. The summed E-state index contributed by atoms with van der Waals surface area (Å²) in [7, 11) is 0. The molecule has 0 saturated carbocycles. The van der Waals surface area contributed by atoms with Crippen LogP contribution in [0.3, 0.4) is 0 Å². The summed E-state index contributed by atoms with van der Waals surface area (Å²) < 4.78 is 1.76. The zero-order valence-electron chi connectivity index (χ0n) is 9.68. The van der Waals surface area contributed by atoms with Gasteiger partial charge < -0.3 is 5.11 Å². The van der Waals surface area contributed by atoms with Crippen LogP contribution in [0.5, 0.6) is 0 Å². The molecule has 4 nitrogen and oxygen atoms in total. The van der Waals surface area contributed by atoms with Gasteiger partial charge in [0.15, 0.2) is 0 Å². The van der Waals surface area contributed by atoms with Crippen molar-refractivity contribution in [2.45, 2.75) is 26.9 Å². The minimum absolute atomic E-state index is 0.514. The van der Waals surface area contributed by atoms with Gasteiger partial charge >= 0.3 is 0 Å².